The van der Waals surface area contributed by atoms with Crippen LogP contribution in [0.2, 0.25) is 5.02 Å². The second kappa shape index (κ2) is 7.61. The zero-order valence-electron chi connectivity index (χ0n) is 13.7. The third-order valence-electron chi connectivity index (χ3n) is 4.12. The summed E-state index contributed by atoms with van der Waals surface area (Å²) in [5, 5.41) is 9.05. The van der Waals surface area contributed by atoms with Crippen molar-refractivity contribution in [3.05, 3.63) is 28.8 Å². The monoisotopic (exact) mass is 409 g/mol. The Balaban J connectivity index is 2.39. The number of halogens is 1. The molecule has 0 aromatic heterocycles. The van der Waals surface area contributed by atoms with E-state index in [0.29, 0.717) is 5.56 Å². The van der Waals surface area contributed by atoms with Crippen LogP contribution in [0.1, 0.15) is 24.8 Å². The van der Waals surface area contributed by atoms with Gasteiger partial charge in [-0.2, -0.15) is 4.31 Å². The Labute approximate surface area is 152 Å². The Bertz CT molecular complexity index is 866. The fraction of sp³-hybridized carbons (Fsp3) is 0.533. The third-order valence-corrected chi connectivity index (χ3v) is 8.20. The van der Waals surface area contributed by atoms with Crippen molar-refractivity contribution in [3.63, 3.8) is 0 Å². The van der Waals surface area contributed by atoms with E-state index in [0.717, 1.165) is 4.31 Å². The van der Waals surface area contributed by atoms with E-state index >= 15 is 0 Å². The number of nitrogens with zero attached hydrogens (tertiary/aromatic N) is 1. The highest BCUT2D eigenvalue weighted by Gasteiger charge is 2.39. The molecule has 1 saturated heterocycles. The first kappa shape index (κ1) is 20.2. The number of hydrogen-bond acceptors (Lipinski definition) is 5. The second-order valence-corrected chi connectivity index (χ2v) is 10.6. The van der Waals surface area contributed by atoms with E-state index in [-0.39, 0.29) is 47.2 Å². The van der Waals surface area contributed by atoms with Crippen LogP contribution < -0.4 is 0 Å². The first-order valence-electron chi connectivity index (χ1n) is 7.73. The maximum atomic E-state index is 13.1. The van der Waals surface area contributed by atoms with Gasteiger partial charge in [-0.1, -0.05) is 17.7 Å². The molecule has 0 bridgehead atoms. The molecule has 25 heavy (non-hydrogen) atoms. The van der Waals surface area contributed by atoms with Crippen molar-refractivity contribution in [3.8, 4) is 0 Å². The summed E-state index contributed by atoms with van der Waals surface area (Å²) >= 11 is 5.92. The Morgan fingerprint density at radius 1 is 1.40 bits per heavy atom. The molecule has 0 saturated carbocycles. The standard InChI is InChI=1S/C15H20ClNO6S2/c1-11-4-5-12(16)9-14(11)25(22,23)17(7-2-3-15(18)19)13-6-8-24(20,21)10-13/h4-5,9,13H,2-3,6-8,10H2,1H3,(H,18,19)/t13-/m0/s1. The minimum atomic E-state index is -3.99. The summed E-state index contributed by atoms with van der Waals surface area (Å²) in [5.41, 5.74) is 0.494. The van der Waals surface area contributed by atoms with E-state index in [1.165, 1.54) is 6.07 Å². The van der Waals surface area contributed by atoms with E-state index in [4.69, 9.17) is 16.7 Å². The van der Waals surface area contributed by atoms with E-state index < -0.39 is 31.9 Å². The maximum absolute atomic E-state index is 13.1. The highest BCUT2D eigenvalue weighted by atomic mass is 35.5. The van der Waals surface area contributed by atoms with Crippen molar-refractivity contribution in [1.29, 1.82) is 0 Å². The average molecular weight is 410 g/mol. The van der Waals surface area contributed by atoms with Gasteiger partial charge in [-0.25, -0.2) is 16.8 Å². The summed E-state index contributed by atoms with van der Waals surface area (Å²) in [5.74, 6) is -1.36. The van der Waals surface area contributed by atoms with E-state index in [1.54, 1.807) is 19.1 Å². The minimum Gasteiger partial charge on any atom is -0.481 e. The first-order chi connectivity index (χ1) is 11.5. The number of carboxylic acid groups (broad SMARTS) is 1. The Kier molecular flexibility index (Phi) is 6.13. The highest BCUT2D eigenvalue weighted by Crippen LogP contribution is 2.28. The molecule has 1 N–H and O–H groups in total. The summed E-state index contributed by atoms with van der Waals surface area (Å²) in [7, 11) is -7.29. The van der Waals surface area contributed by atoms with Gasteiger partial charge in [-0.05, 0) is 37.5 Å². The van der Waals surface area contributed by atoms with Crippen molar-refractivity contribution >= 4 is 37.4 Å². The lowest BCUT2D eigenvalue weighted by Gasteiger charge is -2.28. The number of carboxylic acids is 1. The zero-order valence-corrected chi connectivity index (χ0v) is 16.1. The third kappa shape index (κ3) is 4.93. The largest absolute Gasteiger partial charge is 0.481 e. The molecule has 0 amide bonds. The quantitative estimate of drug-likeness (QED) is 0.733. The fourth-order valence-corrected chi connectivity index (χ4v) is 6.87. The van der Waals surface area contributed by atoms with Gasteiger partial charge in [-0.15, -0.1) is 0 Å². The maximum Gasteiger partial charge on any atom is 0.303 e. The van der Waals surface area contributed by atoms with Gasteiger partial charge < -0.3 is 5.11 Å². The number of aliphatic carboxylic acids is 1. The predicted molar refractivity (Wildman–Crippen MR) is 94.0 cm³/mol. The van der Waals surface area contributed by atoms with Crippen LogP contribution in [-0.4, -0.2) is 56.3 Å². The molecule has 0 unspecified atom stereocenters. The van der Waals surface area contributed by atoms with Crippen LogP contribution in [0.25, 0.3) is 0 Å². The molecule has 0 radical (unpaired) electrons. The summed E-state index contributed by atoms with van der Waals surface area (Å²) < 4.78 is 50.9. The predicted octanol–water partition coefficient (Wildman–Crippen LogP) is 1.69. The fourth-order valence-electron chi connectivity index (χ4n) is 2.87. The molecule has 140 valence electrons. The molecule has 1 aromatic rings. The lowest BCUT2D eigenvalue weighted by Crippen LogP contribution is -2.42. The van der Waals surface area contributed by atoms with E-state index in [9.17, 15) is 21.6 Å². The number of aryl methyl sites for hydroxylation is 1. The molecule has 1 atom stereocenters. The molecule has 1 fully saturated rings. The lowest BCUT2D eigenvalue weighted by molar-refractivity contribution is -0.137. The number of sulfonamides is 1. The molecule has 2 rings (SSSR count). The SMILES string of the molecule is Cc1ccc(Cl)cc1S(=O)(=O)N(CCCC(=O)O)[C@H]1CCS(=O)(=O)C1. The van der Waals surface area contributed by atoms with Gasteiger partial charge in [-0.3, -0.25) is 4.79 Å². The summed E-state index contributed by atoms with van der Waals surface area (Å²) in [4.78, 5) is 10.8. The van der Waals surface area contributed by atoms with Gasteiger partial charge in [0, 0.05) is 24.0 Å². The van der Waals surface area contributed by atoms with Gasteiger partial charge in [0.2, 0.25) is 10.0 Å². The van der Waals surface area contributed by atoms with Crippen LogP contribution in [-0.2, 0) is 24.7 Å². The lowest BCUT2D eigenvalue weighted by atomic mass is 10.2. The number of hydrogen-bond donors (Lipinski definition) is 1. The van der Waals surface area contributed by atoms with Crippen molar-refractivity contribution in [2.75, 3.05) is 18.1 Å². The van der Waals surface area contributed by atoms with Crippen molar-refractivity contribution in [2.45, 2.75) is 37.1 Å². The van der Waals surface area contributed by atoms with Gasteiger partial charge in [0.15, 0.2) is 9.84 Å². The second-order valence-electron chi connectivity index (χ2n) is 6.08. The highest BCUT2D eigenvalue weighted by molar-refractivity contribution is 7.92. The summed E-state index contributed by atoms with van der Waals surface area (Å²) in [6, 6.07) is 3.79. The van der Waals surface area contributed by atoms with E-state index in [2.05, 4.69) is 0 Å². The van der Waals surface area contributed by atoms with Gasteiger partial charge in [0.05, 0.1) is 16.4 Å². The van der Waals surface area contributed by atoms with Crippen molar-refractivity contribution < 1.29 is 26.7 Å². The molecule has 7 nitrogen and oxygen atoms in total. The zero-order chi connectivity index (χ0) is 18.8. The number of carbonyl (C=O) groups is 1. The van der Waals surface area contributed by atoms with Crippen LogP contribution in [0, 0.1) is 6.92 Å². The van der Waals surface area contributed by atoms with Gasteiger partial charge in [0.1, 0.15) is 0 Å². The topological polar surface area (TPSA) is 109 Å². The molecule has 1 heterocycles. The molecular weight excluding hydrogens is 390 g/mol. The molecule has 0 aliphatic carbocycles. The van der Waals surface area contributed by atoms with Crippen LogP contribution in [0.3, 0.4) is 0 Å². The van der Waals surface area contributed by atoms with Crippen LogP contribution in [0.5, 0.6) is 0 Å². The normalized spacial score (nSPS) is 20.0. The number of sulfone groups is 1. The Morgan fingerprint density at radius 2 is 2.08 bits per heavy atom. The molecular formula is C15H20ClNO6S2. The number of benzene rings is 1. The van der Waals surface area contributed by atoms with Gasteiger partial charge >= 0.3 is 5.97 Å². The van der Waals surface area contributed by atoms with Crippen molar-refractivity contribution in [1.82, 2.24) is 4.31 Å². The Morgan fingerprint density at radius 3 is 2.64 bits per heavy atom. The molecule has 1 aliphatic rings. The number of rotatable bonds is 7. The van der Waals surface area contributed by atoms with Crippen molar-refractivity contribution in [2.24, 2.45) is 0 Å². The first-order valence-corrected chi connectivity index (χ1v) is 11.4. The molecule has 0 spiro atoms. The summed E-state index contributed by atoms with van der Waals surface area (Å²) in [6.45, 7) is 1.57. The van der Waals surface area contributed by atoms with E-state index in [1.807, 2.05) is 0 Å². The minimum absolute atomic E-state index is 0.0135. The Hall–Kier alpha value is -1.16. The molecule has 1 aliphatic heterocycles. The van der Waals surface area contributed by atoms with Crippen LogP contribution in [0.15, 0.2) is 23.1 Å². The van der Waals surface area contributed by atoms with Crippen LogP contribution >= 0.6 is 11.6 Å². The summed E-state index contributed by atoms with van der Waals surface area (Å²) in [6.07, 6.45) is 0.110. The van der Waals surface area contributed by atoms with Crippen LogP contribution in [0.4, 0.5) is 0 Å². The average Bonchev–Trinajstić information content (AvgIpc) is 2.85. The smallest absolute Gasteiger partial charge is 0.303 e. The molecule has 10 heteroatoms. The molecule has 1 aromatic carbocycles. The van der Waals surface area contributed by atoms with Gasteiger partial charge in [0.25, 0.3) is 0 Å².